The van der Waals surface area contributed by atoms with Gasteiger partial charge in [-0.3, -0.25) is 20.4 Å². The maximum Gasteiger partial charge on any atom is 0.374 e. The highest BCUT2D eigenvalue weighted by atomic mass is 35.5. The van der Waals surface area contributed by atoms with Crippen molar-refractivity contribution in [2.75, 3.05) is 19.7 Å². The van der Waals surface area contributed by atoms with Gasteiger partial charge in [-0.15, -0.1) is 0 Å². The molecule has 0 spiro atoms. The second-order valence-electron chi connectivity index (χ2n) is 7.12. The molecule has 1 aliphatic rings. The molecular weight excluding hydrogens is 478 g/mol. The van der Waals surface area contributed by atoms with Crippen molar-refractivity contribution >= 4 is 39.4 Å². The van der Waals surface area contributed by atoms with Crippen LogP contribution < -0.4 is 10.9 Å². The summed E-state index contributed by atoms with van der Waals surface area (Å²) in [6.45, 7) is 1.82. The van der Waals surface area contributed by atoms with Gasteiger partial charge in [-0.05, 0) is 50.1 Å². The van der Waals surface area contributed by atoms with Crippen LogP contribution in [0.2, 0.25) is 5.02 Å². The molecule has 178 valence electrons. The van der Waals surface area contributed by atoms with Gasteiger partial charge in [0.2, 0.25) is 16.8 Å². The van der Waals surface area contributed by atoms with Gasteiger partial charge in [0.25, 0.3) is 15.9 Å². The predicted molar refractivity (Wildman–Crippen MR) is 115 cm³/mol. The normalized spacial score (nSPS) is 15.1. The number of hydrogen-bond acceptors (Lipinski definition) is 8. The Balaban J connectivity index is 1.54. The number of carbonyl (C=O) groups excluding carboxylic acids is 3. The molecule has 33 heavy (non-hydrogen) atoms. The number of phenols is 1. The standard InChI is InChI=1S/C20H22ClN3O8S/c1-2-31-20(28)16-5-6-17(32-16)33(29,30)24-9-7-12(8-10-24)18(26)22-23-19(27)14-11-13(21)3-4-15(14)25/h3-6,11-12,25H,2,7-10H2,1H3,(H,22,26)(H,23,27). The molecule has 2 heterocycles. The summed E-state index contributed by atoms with van der Waals surface area (Å²) < 4.78 is 36.7. The summed E-state index contributed by atoms with van der Waals surface area (Å²) in [6, 6.07) is 6.33. The summed E-state index contributed by atoms with van der Waals surface area (Å²) in [6.07, 6.45) is 0.406. The first-order chi connectivity index (χ1) is 15.6. The molecule has 3 rings (SSSR count). The molecule has 0 radical (unpaired) electrons. The van der Waals surface area contributed by atoms with E-state index in [0.717, 1.165) is 4.31 Å². The third-order valence-electron chi connectivity index (χ3n) is 4.98. The molecule has 2 aromatic rings. The zero-order valence-corrected chi connectivity index (χ0v) is 19.1. The van der Waals surface area contributed by atoms with Crippen molar-refractivity contribution in [2.45, 2.75) is 24.9 Å². The Labute approximate surface area is 194 Å². The Bertz CT molecular complexity index is 1160. The Morgan fingerprint density at radius 1 is 1.18 bits per heavy atom. The first kappa shape index (κ1) is 24.6. The van der Waals surface area contributed by atoms with Crippen LogP contribution >= 0.6 is 11.6 Å². The molecule has 0 aliphatic carbocycles. The predicted octanol–water partition coefficient (Wildman–Crippen LogP) is 1.68. The summed E-state index contributed by atoms with van der Waals surface area (Å²) >= 11 is 5.81. The zero-order valence-electron chi connectivity index (χ0n) is 17.5. The maximum atomic E-state index is 12.8. The number of phenolic OH excluding ortho intramolecular Hbond substituents is 1. The second-order valence-corrected chi connectivity index (χ2v) is 9.43. The quantitative estimate of drug-likeness (QED) is 0.400. The van der Waals surface area contributed by atoms with Gasteiger partial charge in [0.15, 0.2) is 0 Å². The molecular formula is C20H22ClN3O8S. The number of piperidine rings is 1. The SMILES string of the molecule is CCOC(=O)c1ccc(S(=O)(=O)N2CCC(C(=O)NNC(=O)c3cc(Cl)ccc3O)CC2)o1. The fourth-order valence-corrected chi connectivity index (χ4v) is 4.79. The minimum Gasteiger partial charge on any atom is -0.507 e. The van der Waals surface area contributed by atoms with Crippen LogP contribution in [0.25, 0.3) is 0 Å². The van der Waals surface area contributed by atoms with Crippen LogP contribution in [-0.2, 0) is 19.6 Å². The highest BCUT2D eigenvalue weighted by Gasteiger charge is 2.34. The number of nitrogens with one attached hydrogen (secondary N) is 2. The molecule has 1 fully saturated rings. The van der Waals surface area contributed by atoms with Crippen LogP contribution in [0.1, 0.15) is 40.7 Å². The van der Waals surface area contributed by atoms with Gasteiger partial charge in [-0.2, -0.15) is 4.31 Å². The van der Waals surface area contributed by atoms with E-state index in [-0.39, 0.29) is 59.7 Å². The van der Waals surface area contributed by atoms with E-state index in [4.69, 9.17) is 20.8 Å². The second kappa shape index (κ2) is 10.2. The Kier molecular flexibility index (Phi) is 7.61. The third kappa shape index (κ3) is 5.64. The number of ether oxygens (including phenoxy) is 1. The minimum atomic E-state index is -3.99. The van der Waals surface area contributed by atoms with Gasteiger partial charge < -0.3 is 14.3 Å². The number of benzene rings is 1. The average molecular weight is 500 g/mol. The third-order valence-corrected chi connectivity index (χ3v) is 6.99. The topological polar surface area (TPSA) is 155 Å². The van der Waals surface area contributed by atoms with Crippen molar-refractivity contribution in [1.29, 1.82) is 0 Å². The molecule has 11 nitrogen and oxygen atoms in total. The first-order valence-electron chi connectivity index (χ1n) is 9.99. The molecule has 1 aromatic heterocycles. The summed E-state index contributed by atoms with van der Waals surface area (Å²) in [5.74, 6) is -3.07. The van der Waals surface area contributed by atoms with Crippen molar-refractivity contribution < 1.29 is 37.1 Å². The number of halogens is 1. The van der Waals surface area contributed by atoms with E-state index < -0.39 is 33.7 Å². The van der Waals surface area contributed by atoms with Gasteiger partial charge in [-0.25, -0.2) is 13.2 Å². The molecule has 1 aliphatic heterocycles. The summed E-state index contributed by atoms with van der Waals surface area (Å²) in [7, 11) is -3.99. The molecule has 13 heteroatoms. The summed E-state index contributed by atoms with van der Waals surface area (Å²) in [4.78, 5) is 36.3. The van der Waals surface area contributed by atoms with Crippen molar-refractivity contribution in [3.63, 3.8) is 0 Å². The van der Waals surface area contributed by atoms with Crippen LogP contribution in [0.4, 0.5) is 0 Å². The van der Waals surface area contributed by atoms with Crippen molar-refractivity contribution in [1.82, 2.24) is 15.2 Å². The highest BCUT2D eigenvalue weighted by Crippen LogP contribution is 2.26. The minimum absolute atomic E-state index is 0.0406. The number of rotatable bonds is 6. The number of hydrazine groups is 1. The number of esters is 1. The lowest BCUT2D eigenvalue weighted by atomic mass is 9.98. The number of carbonyl (C=O) groups is 3. The molecule has 0 bridgehead atoms. The van der Waals surface area contributed by atoms with E-state index in [1.54, 1.807) is 6.92 Å². The molecule has 2 amide bonds. The largest absolute Gasteiger partial charge is 0.507 e. The summed E-state index contributed by atoms with van der Waals surface area (Å²) in [5.41, 5.74) is 4.38. The van der Waals surface area contributed by atoms with Gasteiger partial charge >= 0.3 is 5.97 Å². The highest BCUT2D eigenvalue weighted by molar-refractivity contribution is 7.89. The van der Waals surface area contributed by atoms with Crippen molar-refractivity contribution in [3.05, 3.63) is 46.7 Å². The number of hydrogen-bond donors (Lipinski definition) is 3. The molecule has 3 N–H and O–H groups in total. The van der Waals surface area contributed by atoms with E-state index in [1.807, 2.05) is 0 Å². The van der Waals surface area contributed by atoms with E-state index >= 15 is 0 Å². The van der Waals surface area contributed by atoms with Crippen LogP contribution in [0.3, 0.4) is 0 Å². The smallest absolute Gasteiger partial charge is 0.374 e. The molecule has 0 unspecified atom stereocenters. The molecule has 1 saturated heterocycles. The number of furan rings is 1. The number of nitrogens with zero attached hydrogens (tertiary/aromatic N) is 1. The van der Waals surface area contributed by atoms with Crippen molar-refractivity contribution in [3.8, 4) is 5.75 Å². The lowest BCUT2D eigenvalue weighted by molar-refractivity contribution is -0.126. The van der Waals surface area contributed by atoms with Gasteiger partial charge in [0, 0.05) is 24.0 Å². The van der Waals surface area contributed by atoms with Crippen molar-refractivity contribution in [2.24, 2.45) is 5.92 Å². The Morgan fingerprint density at radius 2 is 1.88 bits per heavy atom. The Morgan fingerprint density at radius 3 is 2.55 bits per heavy atom. The Hall–Kier alpha value is -3.09. The molecule has 0 saturated carbocycles. The monoisotopic (exact) mass is 499 g/mol. The van der Waals surface area contributed by atoms with Gasteiger partial charge in [0.1, 0.15) is 5.75 Å². The van der Waals surface area contributed by atoms with E-state index in [1.165, 1.54) is 30.3 Å². The zero-order chi connectivity index (χ0) is 24.2. The van der Waals surface area contributed by atoms with E-state index in [9.17, 15) is 27.9 Å². The van der Waals surface area contributed by atoms with Crippen LogP contribution in [0.5, 0.6) is 5.75 Å². The van der Waals surface area contributed by atoms with Gasteiger partial charge in [0.05, 0.1) is 12.2 Å². The number of aromatic hydroxyl groups is 1. The molecule has 0 atom stereocenters. The first-order valence-corrected chi connectivity index (χ1v) is 11.8. The van der Waals surface area contributed by atoms with Gasteiger partial charge in [-0.1, -0.05) is 11.6 Å². The molecule has 1 aromatic carbocycles. The lowest BCUT2D eigenvalue weighted by Gasteiger charge is -2.29. The lowest BCUT2D eigenvalue weighted by Crippen LogP contribution is -2.48. The van der Waals surface area contributed by atoms with Crippen LogP contribution in [0, 0.1) is 5.92 Å². The summed E-state index contributed by atoms with van der Waals surface area (Å²) in [5, 5.41) is 9.60. The average Bonchev–Trinajstić information content (AvgIpc) is 3.30. The van der Waals surface area contributed by atoms with E-state index in [0.29, 0.717) is 0 Å². The van der Waals surface area contributed by atoms with Crippen LogP contribution in [0.15, 0.2) is 39.8 Å². The fourth-order valence-electron chi connectivity index (χ4n) is 3.23. The maximum absolute atomic E-state index is 12.8. The van der Waals surface area contributed by atoms with Crippen LogP contribution in [-0.4, -0.2) is 55.3 Å². The fraction of sp³-hybridized carbons (Fsp3) is 0.350. The number of amides is 2. The number of sulfonamides is 1. The van der Waals surface area contributed by atoms with E-state index in [2.05, 4.69) is 10.9 Å².